The fourth-order valence-corrected chi connectivity index (χ4v) is 2.91. The number of urea groups is 1. The van der Waals surface area contributed by atoms with Crippen molar-refractivity contribution in [1.29, 1.82) is 0 Å². The molecule has 7 nitrogen and oxygen atoms in total. The molecule has 160 valence electrons. The molecule has 0 saturated heterocycles. The summed E-state index contributed by atoms with van der Waals surface area (Å²) in [5.74, 6) is 0.415. The monoisotopic (exact) mass is 438 g/mol. The minimum Gasteiger partial charge on any atom is -0.491 e. The fraction of sp³-hybridized carbons (Fsp3) is 0.174. The second-order valence-corrected chi connectivity index (χ2v) is 7.08. The zero-order valence-electron chi connectivity index (χ0n) is 16.8. The molecule has 0 aliphatic rings. The zero-order valence-corrected chi connectivity index (χ0v) is 17.6. The van der Waals surface area contributed by atoms with Gasteiger partial charge in [-0.2, -0.15) is 0 Å². The van der Waals surface area contributed by atoms with E-state index >= 15 is 0 Å². The molecule has 0 aliphatic heterocycles. The maximum atomic E-state index is 12.1. The molecule has 2 aromatic carbocycles. The summed E-state index contributed by atoms with van der Waals surface area (Å²) in [6, 6.07) is 17.8. The number of hydrogen-bond donors (Lipinski definition) is 3. The topological polar surface area (TPSA) is 92.4 Å². The zero-order chi connectivity index (χ0) is 21.9. The number of ether oxygens (including phenoxy) is 1. The summed E-state index contributed by atoms with van der Waals surface area (Å²) in [4.78, 5) is 28.1. The van der Waals surface area contributed by atoms with E-state index in [4.69, 9.17) is 16.3 Å². The molecule has 1 aromatic heterocycles. The molecular weight excluding hydrogens is 416 g/mol. The lowest BCUT2D eigenvalue weighted by atomic mass is 10.2. The van der Waals surface area contributed by atoms with Crippen LogP contribution in [0.15, 0.2) is 73.1 Å². The summed E-state index contributed by atoms with van der Waals surface area (Å²) in [6.07, 6.45) is 3.56. The van der Waals surface area contributed by atoms with Crippen LogP contribution in [0.3, 0.4) is 0 Å². The van der Waals surface area contributed by atoms with Gasteiger partial charge in [-0.05, 0) is 47.5 Å². The summed E-state index contributed by atoms with van der Waals surface area (Å²) in [7, 11) is 0. The van der Waals surface area contributed by atoms with Crippen LogP contribution in [0.2, 0.25) is 5.02 Å². The number of halogens is 1. The number of aromatic nitrogens is 1. The summed E-state index contributed by atoms with van der Waals surface area (Å²) < 4.78 is 5.53. The summed E-state index contributed by atoms with van der Waals surface area (Å²) >= 11 is 6.02. The Balaban J connectivity index is 1.39. The van der Waals surface area contributed by atoms with Crippen molar-refractivity contribution in [3.63, 3.8) is 0 Å². The molecule has 0 saturated carbocycles. The van der Waals surface area contributed by atoms with Gasteiger partial charge in [-0.25, -0.2) is 4.79 Å². The third kappa shape index (κ3) is 7.64. The first kappa shape index (κ1) is 22.1. The van der Waals surface area contributed by atoms with Gasteiger partial charge >= 0.3 is 6.03 Å². The van der Waals surface area contributed by atoms with E-state index in [0.717, 1.165) is 11.1 Å². The van der Waals surface area contributed by atoms with E-state index in [1.54, 1.807) is 30.6 Å². The van der Waals surface area contributed by atoms with Crippen LogP contribution in [0.5, 0.6) is 5.75 Å². The number of nitrogens with zero attached hydrogens (tertiary/aromatic N) is 1. The van der Waals surface area contributed by atoms with Gasteiger partial charge in [-0.1, -0.05) is 35.9 Å². The SMILES string of the molecule is O=C(CCOc1ccccc1Cl)NCc1cccc(NC(=O)NCc2ccncc2)c1. The Hall–Kier alpha value is -3.58. The minimum absolute atomic E-state index is 0.138. The van der Waals surface area contributed by atoms with Crippen LogP contribution in [0.4, 0.5) is 10.5 Å². The number of nitrogens with one attached hydrogen (secondary N) is 3. The van der Waals surface area contributed by atoms with Gasteiger partial charge in [0.2, 0.25) is 5.91 Å². The normalized spacial score (nSPS) is 10.2. The second-order valence-electron chi connectivity index (χ2n) is 6.67. The molecular formula is C23H23ClN4O3. The van der Waals surface area contributed by atoms with Gasteiger partial charge in [-0.3, -0.25) is 9.78 Å². The van der Waals surface area contributed by atoms with Crippen molar-refractivity contribution in [2.24, 2.45) is 0 Å². The molecule has 8 heteroatoms. The molecule has 1 heterocycles. The summed E-state index contributed by atoms with van der Waals surface area (Å²) in [5.41, 5.74) is 2.47. The predicted octanol–water partition coefficient (Wildman–Crippen LogP) is 4.14. The Bertz CT molecular complexity index is 1010. The lowest BCUT2D eigenvalue weighted by molar-refractivity contribution is -0.121. The maximum Gasteiger partial charge on any atom is 0.319 e. The van der Waals surface area contributed by atoms with Crippen LogP contribution >= 0.6 is 11.6 Å². The molecule has 0 radical (unpaired) electrons. The van der Waals surface area contributed by atoms with Crippen LogP contribution in [0.25, 0.3) is 0 Å². The van der Waals surface area contributed by atoms with Gasteiger partial charge in [0.05, 0.1) is 18.1 Å². The van der Waals surface area contributed by atoms with E-state index in [2.05, 4.69) is 20.9 Å². The largest absolute Gasteiger partial charge is 0.491 e. The molecule has 0 atom stereocenters. The number of anilines is 1. The van der Waals surface area contributed by atoms with E-state index < -0.39 is 0 Å². The van der Waals surface area contributed by atoms with Crippen molar-refractivity contribution in [3.05, 3.63) is 89.2 Å². The van der Waals surface area contributed by atoms with Crippen molar-refractivity contribution >= 4 is 29.2 Å². The fourth-order valence-electron chi connectivity index (χ4n) is 2.72. The lowest BCUT2D eigenvalue weighted by Crippen LogP contribution is -2.28. The molecule has 0 bridgehead atoms. The highest BCUT2D eigenvalue weighted by Gasteiger charge is 2.06. The van der Waals surface area contributed by atoms with Crippen LogP contribution in [-0.4, -0.2) is 23.5 Å². The number of para-hydroxylation sites is 1. The number of pyridine rings is 1. The van der Waals surface area contributed by atoms with Crippen molar-refractivity contribution < 1.29 is 14.3 Å². The molecule has 0 spiro atoms. The standard InChI is InChI=1S/C23H23ClN4O3/c24-20-6-1-2-7-21(20)31-13-10-22(29)26-16-18-4-3-5-19(14-18)28-23(30)27-15-17-8-11-25-12-9-17/h1-9,11-12,14H,10,13,15-16H2,(H,26,29)(H2,27,28,30). The number of carbonyl (C=O) groups is 2. The quantitative estimate of drug-likeness (QED) is 0.468. The summed E-state index contributed by atoms with van der Waals surface area (Å²) in [6.45, 7) is 0.980. The average Bonchev–Trinajstić information content (AvgIpc) is 2.79. The van der Waals surface area contributed by atoms with Gasteiger partial charge in [-0.15, -0.1) is 0 Å². The second kappa shape index (κ2) is 11.6. The Morgan fingerprint density at radius 3 is 2.48 bits per heavy atom. The van der Waals surface area contributed by atoms with E-state index in [9.17, 15) is 9.59 Å². The molecule has 3 aromatic rings. The molecule has 3 rings (SSSR count). The van der Waals surface area contributed by atoms with Crippen molar-refractivity contribution in [3.8, 4) is 5.75 Å². The first-order valence-corrected chi connectivity index (χ1v) is 10.1. The third-order valence-electron chi connectivity index (χ3n) is 4.30. The smallest absolute Gasteiger partial charge is 0.319 e. The lowest BCUT2D eigenvalue weighted by Gasteiger charge is -2.10. The van der Waals surface area contributed by atoms with E-state index in [-0.39, 0.29) is 25.0 Å². The van der Waals surface area contributed by atoms with E-state index in [0.29, 0.717) is 29.5 Å². The highest BCUT2D eigenvalue weighted by Crippen LogP contribution is 2.23. The third-order valence-corrected chi connectivity index (χ3v) is 4.61. The first-order valence-electron chi connectivity index (χ1n) is 9.77. The van der Waals surface area contributed by atoms with E-state index in [1.807, 2.05) is 42.5 Å². The molecule has 0 aliphatic carbocycles. The summed E-state index contributed by atoms with van der Waals surface area (Å²) in [5, 5.41) is 8.93. The van der Waals surface area contributed by atoms with Gasteiger partial charge in [0, 0.05) is 31.2 Å². The number of hydrogen-bond acceptors (Lipinski definition) is 4. The van der Waals surface area contributed by atoms with Crippen molar-refractivity contribution in [2.75, 3.05) is 11.9 Å². The molecule has 0 unspecified atom stereocenters. The Morgan fingerprint density at radius 1 is 0.903 bits per heavy atom. The molecule has 31 heavy (non-hydrogen) atoms. The molecule has 0 fully saturated rings. The van der Waals surface area contributed by atoms with Gasteiger partial charge in [0.1, 0.15) is 5.75 Å². The van der Waals surface area contributed by atoms with Crippen LogP contribution < -0.4 is 20.7 Å². The first-order chi connectivity index (χ1) is 15.1. The van der Waals surface area contributed by atoms with E-state index in [1.165, 1.54) is 0 Å². The molecule has 3 amide bonds. The number of rotatable bonds is 9. The molecule has 3 N–H and O–H groups in total. The van der Waals surface area contributed by atoms with Crippen LogP contribution in [0, 0.1) is 0 Å². The Kier molecular flexibility index (Phi) is 8.25. The number of carbonyl (C=O) groups excluding carboxylic acids is 2. The number of benzene rings is 2. The van der Waals surface area contributed by atoms with Gasteiger partial charge in [0.15, 0.2) is 0 Å². The average molecular weight is 439 g/mol. The van der Waals surface area contributed by atoms with Gasteiger partial charge < -0.3 is 20.7 Å². The van der Waals surface area contributed by atoms with Crippen LogP contribution in [0.1, 0.15) is 17.5 Å². The maximum absolute atomic E-state index is 12.1. The highest BCUT2D eigenvalue weighted by molar-refractivity contribution is 6.32. The number of amides is 3. The Labute approximate surface area is 185 Å². The minimum atomic E-state index is -0.310. The Morgan fingerprint density at radius 2 is 1.68 bits per heavy atom. The van der Waals surface area contributed by atoms with Crippen molar-refractivity contribution in [2.45, 2.75) is 19.5 Å². The predicted molar refractivity (Wildman–Crippen MR) is 120 cm³/mol. The van der Waals surface area contributed by atoms with Crippen molar-refractivity contribution in [1.82, 2.24) is 15.6 Å². The van der Waals surface area contributed by atoms with Crippen LogP contribution in [-0.2, 0) is 17.9 Å². The highest BCUT2D eigenvalue weighted by atomic mass is 35.5. The van der Waals surface area contributed by atoms with Gasteiger partial charge in [0.25, 0.3) is 0 Å².